The van der Waals surface area contributed by atoms with Crippen LogP contribution in [0.4, 0.5) is 0 Å². The van der Waals surface area contributed by atoms with Crippen LogP contribution in [0.3, 0.4) is 0 Å². The molecule has 1 saturated carbocycles. The Labute approximate surface area is 136 Å². The van der Waals surface area contributed by atoms with Crippen LogP contribution < -0.4 is 10.0 Å². The van der Waals surface area contributed by atoms with E-state index in [0.717, 1.165) is 13.0 Å². The van der Waals surface area contributed by atoms with Crippen molar-refractivity contribution in [2.45, 2.75) is 38.4 Å². The molecule has 0 bridgehead atoms. The average Bonchev–Trinajstić information content (AvgIpc) is 2.99. The first kappa shape index (κ1) is 19.2. The molecule has 0 aromatic carbocycles. The van der Waals surface area contributed by atoms with E-state index in [9.17, 15) is 18.0 Å². The van der Waals surface area contributed by atoms with Crippen molar-refractivity contribution in [3.63, 3.8) is 0 Å². The van der Waals surface area contributed by atoms with Crippen LogP contribution in [0.2, 0.25) is 0 Å². The molecule has 2 rings (SSSR count). The third-order valence-corrected chi connectivity index (χ3v) is 6.25. The zero-order chi connectivity index (χ0) is 15.8. The summed E-state index contributed by atoms with van der Waals surface area (Å²) >= 11 is 0. The molecule has 22 heavy (non-hydrogen) atoms. The van der Waals surface area contributed by atoms with Gasteiger partial charge in [-0.05, 0) is 44.2 Å². The summed E-state index contributed by atoms with van der Waals surface area (Å²) in [5.74, 6) is -2.36. The number of rotatable bonds is 6. The first-order valence-corrected chi connectivity index (χ1v) is 8.70. The van der Waals surface area contributed by atoms with Gasteiger partial charge < -0.3 is 10.4 Å². The van der Waals surface area contributed by atoms with E-state index in [4.69, 9.17) is 5.11 Å². The lowest BCUT2D eigenvalue weighted by atomic mass is 9.78. The van der Waals surface area contributed by atoms with E-state index < -0.39 is 32.6 Å². The van der Waals surface area contributed by atoms with Gasteiger partial charge in [0.1, 0.15) is 0 Å². The molecule has 128 valence electrons. The Bertz CT molecular complexity index is 539. The lowest BCUT2D eigenvalue weighted by Crippen LogP contribution is -2.50. The highest BCUT2D eigenvalue weighted by Gasteiger charge is 2.48. The fourth-order valence-corrected chi connectivity index (χ4v) is 4.46. The Morgan fingerprint density at radius 1 is 1.27 bits per heavy atom. The number of carbonyl (C=O) groups excluding carboxylic acids is 1. The Morgan fingerprint density at radius 3 is 2.27 bits per heavy atom. The second kappa shape index (κ2) is 6.72. The predicted octanol–water partition coefficient (Wildman–Crippen LogP) is 0.353. The predicted molar refractivity (Wildman–Crippen MR) is 83.2 cm³/mol. The maximum absolute atomic E-state index is 12.3. The van der Waals surface area contributed by atoms with Crippen molar-refractivity contribution >= 4 is 34.3 Å². The third kappa shape index (κ3) is 3.91. The molecule has 2 atom stereocenters. The summed E-state index contributed by atoms with van der Waals surface area (Å²) in [5.41, 5.74) is -0.858. The number of amides is 1. The Kier molecular flexibility index (Phi) is 5.86. The molecule has 2 fully saturated rings. The smallest absolute Gasteiger partial charge is 0.324 e. The number of hydrogen-bond donors (Lipinski definition) is 3. The van der Waals surface area contributed by atoms with Crippen LogP contribution in [0, 0.1) is 17.3 Å². The number of sulfonamides is 1. The zero-order valence-corrected chi connectivity index (χ0v) is 14.3. The highest BCUT2D eigenvalue weighted by atomic mass is 35.5. The molecule has 0 aromatic heterocycles. The fourth-order valence-electron chi connectivity index (χ4n) is 2.77. The molecular weight excluding hydrogens is 332 g/mol. The lowest BCUT2D eigenvalue weighted by Gasteiger charge is -2.30. The van der Waals surface area contributed by atoms with Gasteiger partial charge in [-0.15, -0.1) is 12.4 Å². The topological polar surface area (TPSA) is 113 Å². The monoisotopic (exact) mass is 354 g/mol. The van der Waals surface area contributed by atoms with Gasteiger partial charge in [-0.2, -0.15) is 0 Å². The Hall–Kier alpha value is -0.860. The average molecular weight is 355 g/mol. The molecule has 0 aromatic rings. The van der Waals surface area contributed by atoms with Crippen molar-refractivity contribution in [3.8, 4) is 0 Å². The van der Waals surface area contributed by atoms with E-state index in [1.54, 1.807) is 13.8 Å². The minimum atomic E-state index is -4.19. The maximum atomic E-state index is 12.3. The minimum absolute atomic E-state index is 0. The van der Waals surface area contributed by atoms with Gasteiger partial charge in [-0.25, -0.2) is 8.42 Å². The van der Waals surface area contributed by atoms with Crippen molar-refractivity contribution in [1.82, 2.24) is 10.0 Å². The van der Waals surface area contributed by atoms with Crippen LogP contribution in [0.5, 0.6) is 0 Å². The van der Waals surface area contributed by atoms with Gasteiger partial charge in [0, 0.05) is 5.41 Å². The molecule has 1 saturated heterocycles. The Morgan fingerprint density at radius 2 is 1.86 bits per heavy atom. The number of aliphatic carboxylic acids is 1. The van der Waals surface area contributed by atoms with Gasteiger partial charge in [0.15, 0.2) is 5.25 Å². The summed E-state index contributed by atoms with van der Waals surface area (Å²) in [6.45, 7) is 4.85. The maximum Gasteiger partial charge on any atom is 0.324 e. The van der Waals surface area contributed by atoms with E-state index in [1.807, 2.05) is 4.72 Å². The zero-order valence-electron chi connectivity index (χ0n) is 12.7. The summed E-state index contributed by atoms with van der Waals surface area (Å²) in [4.78, 5) is 23.5. The van der Waals surface area contributed by atoms with Gasteiger partial charge >= 0.3 is 5.97 Å². The van der Waals surface area contributed by atoms with Gasteiger partial charge in [0.2, 0.25) is 15.9 Å². The quantitative estimate of drug-likeness (QED) is 0.634. The van der Waals surface area contributed by atoms with Crippen LogP contribution >= 0.6 is 12.4 Å². The normalized spacial score (nSPS) is 23.5. The van der Waals surface area contributed by atoms with Gasteiger partial charge in [-0.3, -0.25) is 14.3 Å². The van der Waals surface area contributed by atoms with Crippen LogP contribution in [0.1, 0.15) is 33.1 Å². The molecule has 9 heteroatoms. The fraction of sp³-hybridized carbons (Fsp3) is 0.846. The minimum Gasteiger partial charge on any atom is -0.480 e. The number of halogens is 1. The van der Waals surface area contributed by atoms with Gasteiger partial charge in [-0.1, -0.05) is 13.8 Å². The number of nitrogens with one attached hydrogen (secondary N) is 2. The molecule has 2 aliphatic rings. The number of carbonyl (C=O) groups is 2. The first-order chi connectivity index (χ1) is 9.66. The van der Waals surface area contributed by atoms with Crippen molar-refractivity contribution in [3.05, 3.63) is 0 Å². The number of hydrogen-bond acceptors (Lipinski definition) is 5. The summed E-state index contributed by atoms with van der Waals surface area (Å²) < 4.78 is 26.4. The van der Waals surface area contributed by atoms with E-state index >= 15 is 0 Å². The molecular formula is C13H23ClN2O5S. The van der Waals surface area contributed by atoms with Gasteiger partial charge in [0.05, 0.1) is 0 Å². The van der Waals surface area contributed by atoms with Crippen LogP contribution in [-0.4, -0.2) is 43.7 Å². The highest BCUT2D eigenvalue weighted by Crippen LogP contribution is 2.37. The molecule has 0 spiro atoms. The second-order valence-electron chi connectivity index (χ2n) is 6.48. The van der Waals surface area contributed by atoms with Crippen molar-refractivity contribution in [2.75, 3.05) is 13.1 Å². The van der Waals surface area contributed by atoms with Crippen molar-refractivity contribution in [1.29, 1.82) is 0 Å². The highest BCUT2D eigenvalue weighted by molar-refractivity contribution is 7.91. The second-order valence-corrected chi connectivity index (χ2v) is 8.29. The molecule has 2 unspecified atom stereocenters. The first-order valence-electron chi connectivity index (χ1n) is 7.16. The van der Waals surface area contributed by atoms with E-state index in [-0.39, 0.29) is 24.2 Å². The van der Waals surface area contributed by atoms with Crippen LogP contribution in [-0.2, 0) is 19.6 Å². The van der Waals surface area contributed by atoms with E-state index in [2.05, 4.69) is 5.32 Å². The Balaban J connectivity index is 0.00000242. The molecule has 1 aliphatic heterocycles. The molecule has 7 nitrogen and oxygen atoms in total. The largest absolute Gasteiger partial charge is 0.480 e. The number of carboxylic acid groups (broad SMARTS) is 1. The third-order valence-electron chi connectivity index (χ3n) is 4.53. The van der Waals surface area contributed by atoms with Crippen molar-refractivity contribution in [2.24, 2.45) is 17.3 Å². The summed E-state index contributed by atoms with van der Waals surface area (Å²) in [6, 6.07) is 0. The molecule has 1 aliphatic carbocycles. The summed E-state index contributed by atoms with van der Waals surface area (Å²) in [7, 11) is -4.19. The molecule has 1 heterocycles. The molecule has 3 N–H and O–H groups in total. The lowest BCUT2D eigenvalue weighted by molar-refractivity contribution is -0.136. The SMILES string of the molecule is CC(C)(C(=O)NS(=O)(=O)C(C(=O)O)C1CC1)C1CCNC1.Cl. The molecule has 0 radical (unpaired) electrons. The summed E-state index contributed by atoms with van der Waals surface area (Å²) in [6.07, 6.45) is 1.94. The standard InChI is InChI=1S/C13H22N2O5S.ClH/c1-13(2,9-5-6-14-7-9)12(18)15-21(19,20)10(11(16)17)8-3-4-8;/h8-10,14H,3-7H2,1-2H3,(H,15,18)(H,16,17);1H. The van der Waals surface area contributed by atoms with Crippen LogP contribution in [0.15, 0.2) is 0 Å². The van der Waals surface area contributed by atoms with Crippen molar-refractivity contribution < 1.29 is 23.1 Å². The van der Waals surface area contributed by atoms with E-state index in [1.165, 1.54) is 0 Å². The van der Waals surface area contributed by atoms with Crippen LogP contribution in [0.25, 0.3) is 0 Å². The number of carboxylic acids is 1. The molecule has 1 amide bonds. The van der Waals surface area contributed by atoms with E-state index in [0.29, 0.717) is 19.4 Å². The summed E-state index contributed by atoms with van der Waals surface area (Å²) in [5, 5.41) is 10.7. The van der Waals surface area contributed by atoms with Gasteiger partial charge in [0.25, 0.3) is 0 Å².